The molecule has 0 aliphatic carbocycles. The number of fused-ring (bicyclic) bond motifs is 1. The van der Waals surface area contributed by atoms with E-state index in [9.17, 15) is 4.79 Å². The number of aryl methyl sites for hydroxylation is 2. The van der Waals surface area contributed by atoms with E-state index in [1.807, 2.05) is 50.2 Å². The minimum absolute atomic E-state index is 0.133. The Hall–Kier alpha value is -2.86. The van der Waals surface area contributed by atoms with Crippen molar-refractivity contribution in [2.24, 2.45) is 5.92 Å². The summed E-state index contributed by atoms with van der Waals surface area (Å²) in [7, 11) is 0. The average molecular weight is 380 g/mol. The molecule has 0 bridgehead atoms. The molecule has 6 nitrogen and oxygen atoms in total. The fraction of sp³-hybridized carbons (Fsp3) is 0.364. The van der Waals surface area contributed by atoms with Crippen molar-refractivity contribution < 1.29 is 18.8 Å². The number of hydrogen-bond acceptors (Lipinski definition) is 5. The Labute approximate surface area is 163 Å². The molecule has 0 unspecified atom stereocenters. The summed E-state index contributed by atoms with van der Waals surface area (Å²) in [5.74, 6) is 1.52. The highest BCUT2D eigenvalue weighted by molar-refractivity contribution is 6.01. The first-order valence-corrected chi connectivity index (χ1v) is 9.55. The van der Waals surface area contributed by atoms with Gasteiger partial charge in [0.25, 0.3) is 5.91 Å². The van der Waals surface area contributed by atoms with Gasteiger partial charge in [-0.2, -0.15) is 0 Å². The number of hydrogen-bond donors (Lipinski definition) is 1. The van der Waals surface area contributed by atoms with Gasteiger partial charge < -0.3 is 19.3 Å². The predicted octanol–water partition coefficient (Wildman–Crippen LogP) is 3.79. The molecule has 1 N–H and O–H groups in total. The normalized spacial score (nSPS) is 16.4. The van der Waals surface area contributed by atoms with E-state index in [1.54, 1.807) is 0 Å². The van der Waals surface area contributed by atoms with Crippen molar-refractivity contribution in [1.29, 1.82) is 0 Å². The molecular weight excluding hydrogens is 356 g/mol. The van der Waals surface area contributed by atoms with Crippen molar-refractivity contribution in [3.8, 4) is 5.75 Å². The highest BCUT2D eigenvalue weighted by Gasteiger charge is 2.20. The molecule has 146 valence electrons. The van der Waals surface area contributed by atoms with Gasteiger partial charge in [-0.15, -0.1) is 0 Å². The smallest absolute Gasteiger partial charge is 0.255 e. The van der Waals surface area contributed by atoms with E-state index in [1.165, 1.54) is 0 Å². The van der Waals surface area contributed by atoms with Crippen LogP contribution in [0.5, 0.6) is 5.75 Å². The second-order valence-corrected chi connectivity index (χ2v) is 7.23. The molecule has 1 amide bonds. The van der Waals surface area contributed by atoms with Crippen molar-refractivity contribution in [2.45, 2.75) is 26.9 Å². The van der Waals surface area contributed by atoms with Crippen molar-refractivity contribution in [3.05, 3.63) is 59.0 Å². The van der Waals surface area contributed by atoms with Gasteiger partial charge in [-0.05, 0) is 43.2 Å². The first kappa shape index (κ1) is 18.5. The van der Waals surface area contributed by atoms with Crippen molar-refractivity contribution in [3.63, 3.8) is 0 Å². The van der Waals surface area contributed by atoms with Crippen LogP contribution >= 0.6 is 0 Å². The molecule has 2 aromatic carbocycles. The van der Waals surface area contributed by atoms with Gasteiger partial charge in [0.1, 0.15) is 18.1 Å². The lowest BCUT2D eigenvalue weighted by Gasteiger charge is -2.15. The van der Waals surface area contributed by atoms with E-state index in [-0.39, 0.29) is 5.91 Å². The Morgan fingerprint density at radius 3 is 2.71 bits per heavy atom. The van der Waals surface area contributed by atoms with Crippen LogP contribution in [-0.4, -0.2) is 30.8 Å². The lowest BCUT2D eigenvalue weighted by Crippen LogP contribution is -2.29. The van der Waals surface area contributed by atoms with E-state index in [0.29, 0.717) is 37.0 Å². The third kappa shape index (κ3) is 3.87. The van der Waals surface area contributed by atoms with Gasteiger partial charge in [-0.25, -0.2) is 0 Å². The minimum Gasteiger partial charge on any atom is -0.488 e. The summed E-state index contributed by atoms with van der Waals surface area (Å²) in [5.41, 5.74) is 2.23. The Bertz CT molecular complexity index is 970. The molecule has 1 fully saturated rings. The van der Waals surface area contributed by atoms with Crippen LogP contribution in [0.25, 0.3) is 10.8 Å². The fourth-order valence-electron chi connectivity index (χ4n) is 3.45. The predicted molar refractivity (Wildman–Crippen MR) is 106 cm³/mol. The summed E-state index contributed by atoms with van der Waals surface area (Å²) in [6, 6.07) is 11.7. The minimum atomic E-state index is -0.133. The van der Waals surface area contributed by atoms with Crippen LogP contribution in [0.3, 0.4) is 0 Å². The molecule has 2 heterocycles. The summed E-state index contributed by atoms with van der Waals surface area (Å²) in [5, 5.41) is 9.02. The molecule has 0 radical (unpaired) electrons. The number of aromatic nitrogens is 1. The first-order valence-electron chi connectivity index (χ1n) is 9.55. The van der Waals surface area contributed by atoms with Crippen molar-refractivity contribution in [1.82, 2.24) is 10.5 Å². The third-order valence-corrected chi connectivity index (χ3v) is 5.22. The first-order chi connectivity index (χ1) is 13.6. The van der Waals surface area contributed by atoms with Gasteiger partial charge >= 0.3 is 0 Å². The van der Waals surface area contributed by atoms with E-state index >= 15 is 0 Å². The molecular formula is C22H24N2O4. The number of carbonyl (C=O) groups excluding carboxylic acids is 1. The van der Waals surface area contributed by atoms with Crippen LogP contribution in [-0.2, 0) is 11.3 Å². The van der Waals surface area contributed by atoms with Crippen LogP contribution < -0.4 is 10.1 Å². The van der Waals surface area contributed by atoms with Gasteiger partial charge in [0.05, 0.1) is 23.4 Å². The fourth-order valence-corrected chi connectivity index (χ4v) is 3.45. The van der Waals surface area contributed by atoms with Crippen molar-refractivity contribution >= 4 is 16.7 Å². The third-order valence-electron chi connectivity index (χ3n) is 5.22. The second kappa shape index (κ2) is 8.02. The molecule has 1 aliphatic rings. The molecule has 1 saturated heterocycles. The molecule has 28 heavy (non-hydrogen) atoms. The van der Waals surface area contributed by atoms with Gasteiger partial charge in [0, 0.05) is 19.1 Å². The summed E-state index contributed by atoms with van der Waals surface area (Å²) < 4.78 is 16.7. The quantitative estimate of drug-likeness (QED) is 0.704. The molecule has 4 rings (SSSR count). The zero-order valence-electron chi connectivity index (χ0n) is 16.2. The Balaban J connectivity index is 1.59. The highest BCUT2D eigenvalue weighted by Crippen LogP contribution is 2.28. The van der Waals surface area contributed by atoms with E-state index in [2.05, 4.69) is 10.5 Å². The van der Waals surface area contributed by atoms with Crippen molar-refractivity contribution in [2.75, 3.05) is 19.8 Å². The molecule has 0 spiro atoms. The standard InChI is InChI=1S/C22H24N2O4/c1-14-20(15(2)28-24-14)13-27-21-10-18-6-4-3-5-17(18)9-19(21)22(25)23-11-16-7-8-26-12-16/h3-6,9-10,16H,7-8,11-13H2,1-2H3,(H,23,25)/t16-/m1/s1. The van der Waals surface area contributed by atoms with Gasteiger partial charge in [0.2, 0.25) is 0 Å². The lowest BCUT2D eigenvalue weighted by atomic mass is 10.0. The van der Waals surface area contributed by atoms with Crippen LogP contribution in [0.1, 0.15) is 33.8 Å². The topological polar surface area (TPSA) is 73.6 Å². The monoisotopic (exact) mass is 380 g/mol. The van der Waals surface area contributed by atoms with Crippen LogP contribution in [0.2, 0.25) is 0 Å². The highest BCUT2D eigenvalue weighted by atomic mass is 16.5. The SMILES string of the molecule is Cc1noc(C)c1COc1cc2ccccc2cc1C(=O)NC[C@H]1CCOC1. The number of amides is 1. The number of carbonyl (C=O) groups is 1. The maximum absolute atomic E-state index is 12.9. The zero-order valence-corrected chi connectivity index (χ0v) is 16.2. The largest absolute Gasteiger partial charge is 0.488 e. The lowest BCUT2D eigenvalue weighted by molar-refractivity contribution is 0.0940. The maximum atomic E-state index is 12.9. The van der Waals surface area contributed by atoms with Crippen LogP contribution in [0, 0.1) is 19.8 Å². The Morgan fingerprint density at radius 2 is 2.04 bits per heavy atom. The summed E-state index contributed by atoms with van der Waals surface area (Å²) in [6.07, 6.45) is 0.980. The number of ether oxygens (including phenoxy) is 2. The average Bonchev–Trinajstić information content (AvgIpc) is 3.34. The van der Waals surface area contributed by atoms with Crippen LogP contribution in [0.15, 0.2) is 40.9 Å². The molecule has 0 saturated carbocycles. The Kier molecular flexibility index (Phi) is 5.30. The molecule has 1 atom stereocenters. The zero-order chi connectivity index (χ0) is 19.5. The van der Waals surface area contributed by atoms with E-state index in [0.717, 1.165) is 40.8 Å². The number of benzene rings is 2. The van der Waals surface area contributed by atoms with E-state index < -0.39 is 0 Å². The summed E-state index contributed by atoms with van der Waals surface area (Å²) in [4.78, 5) is 12.9. The van der Waals surface area contributed by atoms with Gasteiger partial charge in [-0.3, -0.25) is 4.79 Å². The van der Waals surface area contributed by atoms with E-state index in [4.69, 9.17) is 14.0 Å². The Morgan fingerprint density at radius 1 is 1.25 bits per heavy atom. The van der Waals surface area contributed by atoms with Gasteiger partial charge in [-0.1, -0.05) is 29.4 Å². The molecule has 3 aromatic rings. The molecule has 1 aromatic heterocycles. The second-order valence-electron chi connectivity index (χ2n) is 7.23. The number of nitrogens with zero attached hydrogens (tertiary/aromatic N) is 1. The molecule has 6 heteroatoms. The summed E-state index contributed by atoms with van der Waals surface area (Å²) >= 11 is 0. The van der Waals surface area contributed by atoms with Gasteiger partial charge in [0.15, 0.2) is 0 Å². The maximum Gasteiger partial charge on any atom is 0.255 e. The number of nitrogens with one attached hydrogen (secondary N) is 1. The van der Waals surface area contributed by atoms with Crippen LogP contribution in [0.4, 0.5) is 0 Å². The summed E-state index contributed by atoms with van der Waals surface area (Å²) in [6.45, 7) is 6.12. The number of rotatable bonds is 6. The molecule has 1 aliphatic heterocycles.